The lowest BCUT2D eigenvalue weighted by molar-refractivity contribution is -0.137. The molecule has 160 valence electrons. The van der Waals surface area contributed by atoms with Gasteiger partial charge in [-0.05, 0) is 63.8 Å². The number of nitrogens with zero attached hydrogens (tertiary/aromatic N) is 3. The first-order valence-electron chi connectivity index (χ1n) is 9.81. The van der Waals surface area contributed by atoms with Gasteiger partial charge in [0.25, 0.3) is 0 Å². The van der Waals surface area contributed by atoms with E-state index in [1.54, 1.807) is 0 Å². The summed E-state index contributed by atoms with van der Waals surface area (Å²) in [5, 5.41) is 11.1. The highest BCUT2D eigenvalue weighted by Gasteiger charge is 2.29. The standard InChI is InChI=1S/C21H30F3N5/c1-6-25-20(27-14(2)13-19-15(3)28-29(5)16(19)4)26-12-11-17-7-9-18(10-8-17)21(22,23)24/h7-10,14H,6,11-13H2,1-5H3,(H2,25,26,27). The van der Waals surface area contributed by atoms with Gasteiger partial charge in [-0.1, -0.05) is 12.1 Å². The maximum Gasteiger partial charge on any atom is 0.416 e. The molecule has 0 amide bonds. The fraction of sp³-hybridized carbons (Fsp3) is 0.524. The Morgan fingerprint density at radius 1 is 1.21 bits per heavy atom. The number of rotatable bonds is 7. The lowest BCUT2D eigenvalue weighted by Crippen LogP contribution is -2.43. The lowest BCUT2D eigenvalue weighted by Gasteiger charge is -2.18. The van der Waals surface area contributed by atoms with Crippen LogP contribution in [0.25, 0.3) is 0 Å². The summed E-state index contributed by atoms with van der Waals surface area (Å²) in [7, 11) is 1.94. The van der Waals surface area contributed by atoms with Crippen molar-refractivity contribution in [2.45, 2.75) is 52.8 Å². The number of aromatic nitrogens is 2. The van der Waals surface area contributed by atoms with E-state index >= 15 is 0 Å². The molecule has 0 aliphatic heterocycles. The number of nitrogens with one attached hydrogen (secondary N) is 2. The van der Waals surface area contributed by atoms with Crippen LogP contribution < -0.4 is 10.6 Å². The predicted octanol–water partition coefficient (Wildman–Crippen LogP) is 3.78. The van der Waals surface area contributed by atoms with Gasteiger partial charge in [0.2, 0.25) is 0 Å². The van der Waals surface area contributed by atoms with Crippen molar-refractivity contribution < 1.29 is 13.2 Å². The van der Waals surface area contributed by atoms with Gasteiger partial charge in [-0.2, -0.15) is 18.3 Å². The van der Waals surface area contributed by atoms with Gasteiger partial charge in [0.05, 0.1) is 11.3 Å². The van der Waals surface area contributed by atoms with Crippen molar-refractivity contribution in [1.82, 2.24) is 20.4 Å². The summed E-state index contributed by atoms with van der Waals surface area (Å²) >= 11 is 0. The molecule has 0 aliphatic carbocycles. The number of aryl methyl sites for hydroxylation is 2. The minimum absolute atomic E-state index is 0.153. The number of alkyl halides is 3. The molecule has 0 aliphatic rings. The van der Waals surface area contributed by atoms with Crippen LogP contribution in [-0.2, 0) is 26.1 Å². The molecule has 1 aromatic heterocycles. The van der Waals surface area contributed by atoms with Crippen molar-refractivity contribution in [3.8, 4) is 0 Å². The van der Waals surface area contributed by atoms with Gasteiger partial charge in [0, 0.05) is 31.9 Å². The molecular weight excluding hydrogens is 379 g/mol. The highest BCUT2D eigenvalue weighted by Crippen LogP contribution is 2.29. The van der Waals surface area contributed by atoms with E-state index in [2.05, 4.69) is 34.6 Å². The van der Waals surface area contributed by atoms with Crippen molar-refractivity contribution in [1.29, 1.82) is 0 Å². The molecule has 1 atom stereocenters. The number of aliphatic imine (C=N–C) groups is 1. The van der Waals surface area contributed by atoms with Crippen LogP contribution in [0.5, 0.6) is 0 Å². The summed E-state index contributed by atoms with van der Waals surface area (Å²) in [5.74, 6) is 0.700. The topological polar surface area (TPSA) is 54.2 Å². The third-order valence-electron chi connectivity index (χ3n) is 4.85. The zero-order chi connectivity index (χ0) is 21.6. The molecule has 2 aromatic rings. The molecule has 2 N–H and O–H groups in total. The van der Waals surface area contributed by atoms with E-state index in [1.165, 1.54) is 17.7 Å². The van der Waals surface area contributed by atoms with Crippen LogP contribution >= 0.6 is 0 Å². The van der Waals surface area contributed by atoms with Gasteiger partial charge in [-0.25, -0.2) is 0 Å². The number of hydrogen-bond acceptors (Lipinski definition) is 2. The molecule has 1 heterocycles. The summed E-state index contributed by atoms with van der Waals surface area (Å²) in [4.78, 5) is 4.56. The molecule has 8 heteroatoms. The molecule has 29 heavy (non-hydrogen) atoms. The summed E-state index contributed by atoms with van der Waals surface area (Å²) < 4.78 is 39.8. The van der Waals surface area contributed by atoms with Crippen LogP contribution in [0.2, 0.25) is 0 Å². The maximum atomic E-state index is 12.6. The number of hydrogen-bond donors (Lipinski definition) is 2. The Bertz CT molecular complexity index is 822. The zero-order valence-electron chi connectivity index (χ0n) is 17.7. The quantitative estimate of drug-likeness (QED) is 0.541. The van der Waals surface area contributed by atoms with Crippen LogP contribution in [-0.4, -0.2) is 34.9 Å². The zero-order valence-corrected chi connectivity index (χ0v) is 17.7. The third kappa shape index (κ3) is 6.51. The molecule has 1 aromatic carbocycles. The second kappa shape index (κ2) is 9.80. The molecule has 0 spiro atoms. The van der Waals surface area contributed by atoms with E-state index in [0.717, 1.165) is 42.0 Å². The van der Waals surface area contributed by atoms with Crippen molar-refractivity contribution in [2.24, 2.45) is 12.0 Å². The van der Waals surface area contributed by atoms with Gasteiger partial charge >= 0.3 is 6.18 Å². The summed E-state index contributed by atoms with van der Waals surface area (Å²) in [6, 6.07) is 5.40. The Hall–Kier alpha value is -2.51. The summed E-state index contributed by atoms with van der Waals surface area (Å²) in [6.45, 7) is 9.37. The highest BCUT2D eigenvalue weighted by molar-refractivity contribution is 5.80. The smallest absolute Gasteiger partial charge is 0.357 e. The normalized spacial score (nSPS) is 13.4. The van der Waals surface area contributed by atoms with E-state index in [0.29, 0.717) is 18.9 Å². The third-order valence-corrected chi connectivity index (χ3v) is 4.85. The molecule has 0 saturated carbocycles. The first-order chi connectivity index (χ1) is 13.6. The first-order valence-corrected chi connectivity index (χ1v) is 9.81. The van der Waals surface area contributed by atoms with Gasteiger partial charge in [0.15, 0.2) is 5.96 Å². The second-order valence-electron chi connectivity index (χ2n) is 7.23. The van der Waals surface area contributed by atoms with Crippen molar-refractivity contribution in [3.05, 3.63) is 52.3 Å². The second-order valence-corrected chi connectivity index (χ2v) is 7.23. The van der Waals surface area contributed by atoms with Crippen LogP contribution in [0.15, 0.2) is 29.3 Å². The van der Waals surface area contributed by atoms with Crippen LogP contribution in [0.1, 0.15) is 41.9 Å². The van der Waals surface area contributed by atoms with Crippen molar-refractivity contribution in [3.63, 3.8) is 0 Å². The Morgan fingerprint density at radius 2 is 1.86 bits per heavy atom. The average Bonchev–Trinajstić information content (AvgIpc) is 2.87. The Balaban J connectivity index is 1.95. The summed E-state index contributed by atoms with van der Waals surface area (Å²) in [5.41, 5.74) is 3.61. The van der Waals surface area contributed by atoms with E-state index in [9.17, 15) is 13.2 Å². The lowest BCUT2D eigenvalue weighted by atomic mass is 10.1. The van der Waals surface area contributed by atoms with Crippen molar-refractivity contribution >= 4 is 5.96 Å². The van der Waals surface area contributed by atoms with Crippen LogP contribution in [0.4, 0.5) is 13.2 Å². The van der Waals surface area contributed by atoms with Crippen molar-refractivity contribution in [2.75, 3.05) is 13.1 Å². The number of benzene rings is 1. The predicted molar refractivity (Wildman–Crippen MR) is 110 cm³/mol. The SMILES string of the molecule is CCNC(=NCCc1ccc(C(F)(F)F)cc1)NC(C)Cc1c(C)nn(C)c1C. The molecule has 0 fully saturated rings. The van der Waals surface area contributed by atoms with Gasteiger partial charge in [0.1, 0.15) is 0 Å². The molecule has 2 rings (SSSR count). The molecule has 5 nitrogen and oxygen atoms in total. The maximum absolute atomic E-state index is 12.6. The van der Waals surface area contributed by atoms with E-state index in [-0.39, 0.29) is 6.04 Å². The van der Waals surface area contributed by atoms with Gasteiger partial charge in [-0.15, -0.1) is 0 Å². The van der Waals surface area contributed by atoms with E-state index in [4.69, 9.17) is 0 Å². The van der Waals surface area contributed by atoms with Gasteiger partial charge in [-0.3, -0.25) is 9.67 Å². The average molecular weight is 410 g/mol. The minimum atomic E-state index is -4.31. The van der Waals surface area contributed by atoms with E-state index < -0.39 is 11.7 Å². The molecule has 0 bridgehead atoms. The monoisotopic (exact) mass is 409 g/mol. The number of guanidine groups is 1. The van der Waals surface area contributed by atoms with Gasteiger partial charge < -0.3 is 10.6 Å². The molecule has 1 unspecified atom stereocenters. The van der Waals surface area contributed by atoms with Crippen LogP contribution in [0, 0.1) is 13.8 Å². The Labute approximate surface area is 170 Å². The van der Waals surface area contributed by atoms with Crippen LogP contribution in [0.3, 0.4) is 0 Å². The number of halogens is 3. The first kappa shape index (κ1) is 22.8. The molecule has 0 saturated heterocycles. The summed E-state index contributed by atoms with van der Waals surface area (Å²) in [6.07, 6.45) is -2.90. The minimum Gasteiger partial charge on any atom is -0.357 e. The van der Waals surface area contributed by atoms with E-state index in [1.807, 2.05) is 25.6 Å². The fourth-order valence-electron chi connectivity index (χ4n) is 3.18. The highest BCUT2D eigenvalue weighted by atomic mass is 19.4. The fourth-order valence-corrected chi connectivity index (χ4v) is 3.18. The largest absolute Gasteiger partial charge is 0.416 e. The molecular formula is C21H30F3N5. The Morgan fingerprint density at radius 3 is 2.38 bits per heavy atom. The Kier molecular flexibility index (Phi) is 7.70. The molecule has 0 radical (unpaired) electrons.